The third-order valence-corrected chi connectivity index (χ3v) is 2.62. The number of thiocarbonyl (C=S) groups is 1. The molecule has 0 aliphatic heterocycles. The zero-order valence-electron chi connectivity index (χ0n) is 9.78. The molecule has 94 valence electrons. The maximum Gasteiger partial charge on any atom is 0.136 e. The Labute approximate surface area is 110 Å². The predicted octanol–water partition coefficient (Wildman–Crippen LogP) is 0.809. The van der Waals surface area contributed by atoms with Gasteiger partial charge in [0, 0.05) is 25.5 Å². The fraction of sp³-hybridized carbons (Fsp3) is 0.273. The van der Waals surface area contributed by atoms with Crippen molar-refractivity contribution >= 4 is 23.0 Å². The van der Waals surface area contributed by atoms with Gasteiger partial charge in [0.15, 0.2) is 0 Å². The average Bonchev–Trinajstić information content (AvgIpc) is 2.88. The van der Waals surface area contributed by atoms with E-state index in [-0.39, 0.29) is 0 Å². The van der Waals surface area contributed by atoms with Gasteiger partial charge in [0.05, 0.1) is 11.8 Å². The molecule has 0 aliphatic rings. The minimum absolute atomic E-state index is 0.349. The average molecular weight is 262 g/mol. The molecule has 7 heteroatoms. The molecule has 18 heavy (non-hydrogen) atoms. The molecule has 0 aromatic carbocycles. The summed E-state index contributed by atoms with van der Waals surface area (Å²) in [6.07, 6.45) is 6.12. The van der Waals surface area contributed by atoms with E-state index in [0.29, 0.717) is 4.99 Å². The molecular formula is C11H14N6S. The van der Waals surface area contributed by atoms with Crippen molar-refractivity contribution < 1.29 is 0 Å². The van der Waals surface area contributed by atoms with Gasteiger partial charge in [0.2, 0.25) is 0 Å². The third-order valence-electron chi connectivity index (χ3n) is 2.40. The predicted molar refractivity (Wildman–Crippen MR) is 73.3 cm³/mol. The second kappa shape index (κ2) is 6.06. The van der Waals surface area contributed by atoms with E-state index in [2.05, 4.69) is 20.6 Å². The lowest BCUT2D eigenvalue weighted by Crippen LogP contribution is -2.15. The zero-order chi connectivity index (χ0) is 12.8. The van der Waals surface area contributed by atoms with Crippen molar-refractivity contribution in [2.75, 3.05) is 11.9 Å². The van der Waals surface area contributed by atoms with E-state index in [1.807, 2.05) is 18.3 Å². The quantitative estimate of drug-likeness (QED) is 0.592. The highest BCUT2D eigenvalue weighted by Gasteiger charge is 2.04. The van der Waals surface area contributed by atoms with Crippen LogP contribution in [-0.2, 0) is 6.54 Å². The molecule has 2 heterocycles. The molecule has 0 spiro atoms. The molecular weight excluding hydrogens is 248 g/mol. The van der Waals surface area contributed by atoms with Crippen molar-refractivity contribution in [2.45, 2.75) is 13.0 Å². The SMILES string of the molecule is NC(=S)c1cccnc1NCCCn1ccnn1. The van der Waals surface area contributed by atoms with E-state index < -0.39 is 0 Å². The van der Waals surface area contributed by atoms with E-state index in [9.17, 15) is 0 Å². The Morgan fingerprint density at radius 3 is 3.06 bits per heavy atom. The standard InChI is InChI=1S/C11H14N6S/c12-10(18)9-3-1-4-13-11(9)14-5-2-7-17-8-6-15-16-17/h1,3-4,6,8H,2,5,7H2,(H2,12,18)(H,13,14). The summed E-state index contributed by atoms with van der Waals surface area (Å²) in [6, 6.07) is 3.67. The molecule has 0 saturated carbocycles. The summed E-state index contributed by atoms with van der Waals surface area (Å²) in [5, 5.41) is 10.8. The van der Waals surface area contributed by atoms with E-state index in [4.69, 9.17) is 18.0 Å². The van der Waals surface area contributed by atoms with Crippen LogP contribution >= 0.6 is 12.2 Å². The molecule has 6 nitrogen and oxygen atoms in total. The van der Waals surface area contributed by atoms with Crippen LogP contribution in [0.3, 0.4) is 0 Å². The molecule has 0 atom stereocenters. The summed E-state index contributed by atoms with van der Waals surface area (Å²) in [5.41, 5.74) is 6.40. The molecule has 2 aromatic heterocycles. The summed E-state index contributed by atoms with van der Waals surface area (Å²) >= 11 is 4.97. The number of aromatic nitrogens is 4. The van der Waals surface area contributed by atoms with E-state index in [1.165, 1.54) is 0 Å². The number of hydrogen-bond acceptors (Lipinski definition) is 5. The van der Waals surface area contributed by atoms with Gasteiger partial charge in [-0.25, -0.2) is 4.98 Å². The summed E-state index contributed by atoms with van der Waals surface area (Å²) < 4.78 is 1.79. The van der Waals surface area contributed by atoms with Crippen molar-refractivity contribution in [1.29, 1.82) is 0 Å². The first kappa shape index (κ1) is 12.4. The first-order valence-corrected chi connectivity index (χ1v) is 6.01. The molecule has 0 fully saturated rings. The van der Waals surface area contributed by atoms with Gasteiger partial charge in [0.25, 0.3) is 0 Å². The fourth-order valence-electron chi connectivity index (χ4n) is 1.54. The maximum atomic E-state index is 5.63. The lowest BCUT2D eigenvalue weighted by atomic mass is 10.2. The topological polar surface area (TPSA) is 81.6 Å². The van der Waals surface area contributed by atoms with Crippen LogP contribution in [0, 0.1) is 0 Å². The second-order valence-electron chi connectivity index (χ2n) is 3.71. The normalized spacial score (nSPS) is 10.2. The van der Waals surface area contributed by atoms with E-state index in [1.54, 1.807) is 17.1 Å². The van der Waals surface area contributed by atoms with Gasteiger partial charge in [0.1, 0.15) is 10.8 Å². The number of nitrogens with one attached hydrogen (secondary N) is 1. The van der Waals surface area contributed by atoms with Crippen molar-refractivity contribution in [1.82, 2.24) is 20.0 Å². The highest BCUT2D eigenvalue weighted by atomic mass is 32.1. The monoisotopic (exact) mass is 262 g/mol. The van der Waals surface area contributed by atoms with Gasteiger partial charge in [-0.15, -0.1) is 5.10 Å². The minimum atomic E-state index is 0.349. The lowest BCUT2D eigenvalue weighted by Gasteiger charge is -2.09. The molecule has 0 unspecified atom stereocenters. The van der Waals surface area contributed by atoms with Gasteiger partial charge >= 0.3 is 0 Å². The third kappa shape index (κ3) is 3.24. The number of pyridine rings is 1. The molecule has 0 aliphatic carbocycles. The minimum Gasteiger partial charge on any atom is -0.389 e. The Morgan fingerprint density at radius 1 is 1.44 bits per heavy atom. The number of nitrogens with two attached hydrogens (primary N) is 1. The maximum absolute atomic E-state index is 5.63. The molecule has 2 aromatic rings. The Morgan fingerprint density at radius 2 is 2.33 bits per heavy atom. The molecule has 0 amide bonds. The summed E-state index contributed by atoms with van der Waals surface area (Å²) in [6.45, 7) is 1.58. The number of nitrogens with zero attached hydrogens (tertiary/aromatic N) is 4. The van der Waals surface area contributed by atoms with E-state index >= 15 is 0 Å². The van der Waals surface area contributed by atoms with Gasteiger partial charge < -0.3 is 11.1 Å². The van der Waals surface area contributed by atoms with Gasteiger partial charge in [-0.3, -0.25) is 4.68 Å². The number of hydrogen-bond donors (Lipinski definition) is 2. The van der Waals surface area contributed by atoms with Crippen LogP contribution in [0.4, 0.5) is 5.82 Å². The Bertz CT molecular complexity index is 510. The Kier molecular flexibility index (Phi) is 4.19. The van der Waals surface area contributed by atoms with Gasteiger partial charge in [-0.05, 0) is 18.6 Å². The first-order valence-electron chi connectivity index (χ1n) is 5.60. The summed E-state index contributed by atoms with van der Waals surface area (Å²) in [7, 11) is 0. The molecule has 0 bridgehead atoms. The lowest BCUT2D eigenvalue weighted by molar-refractivity contribution is 0.569. The number of rotatable bonds is 6. The smallest absolute Gasteiger partial charge is 0.136 e. The van der Waals surface area contributed by atoms with E-state index in [0.717, 1.165) is 30.9 Å². The summed E-state index contributed by atoms with van der Waals surface area (Å²) in [4.78, 5) is 4.57. The van der Waals surface area contributed by atoms with Gasteiger partial charge in [-0.1, -0.05) is 17.4 Å². The van der Waals surface area contributed by atoms with Crippen LogP contribution in [0.15, 0.2) is 30.7 Å². The van der Waals surface area contributed by atoms with Crippen molar-refractivity contribution in [2.24, 2.45) is 5.73 Å². The van der Waals surface area contributed by atoms with Crippen LogP contribution < -0.4 is 11.1 Å². The Hall–Kier alpha value is -2.02. The summed E-state index contributed by atoms with van der Waals surface area (Å²) in [5.74, 6) is 0.726. The molecule has 2 rings (SSSR count). The van der Waals surface area contributed by atoms with Crippen molar-refractivity contribution in [3.05, 3.63) is 36.3 Å². The highest BCUT2D eigenvalue weighted by molar-refractivity contribution is 7.80. The van der Waals surface area contributed by atoms with Crippen LogP contribution in [0.2, 0.25) is 0 Å². The van der Waals surface area contributed by atoms with Crippen molar-refractivity contribution in [3.8, 4) is 0 Å². The molecule has 0 radical (unpaired) electrons. The van der Waals surface area contributed by atoms with Gasteiger partial charge in [-0.2, -0.15) is 0 Å². The number of anilines is 1. The molecule has 3 N–H and O–H groups in total. The zero-order valence-corrected chi connectivity index (χ0v) is 10.6. The molecule has 0 saturated heterocycles. The highest BCUT2D eigenvalue weighted by Crippen LogP contribution is 2.10. The fourth-order valence-corrected chi connectivity index (χ4v) is 1.71. The van der Waals surface area contributed by atoms with Crippen LogP contribution in [0.5, 0.6) is 0 Å². The van der Waals surface area contributed by atoms with Crippen LogP contribution in [0.25, 0.3) is 0 Å². The second-order valence-corrected chi connectivity index (χ2v) is 4.15. The largest absolute Gasteiger partial charge is 0.389 e. The van der Waals surface area contributed by atoms with Crippen LogP contribution in [0.1, 0.15) is 12.0 Å². The van der Waals surface area contributed by atoms with Crippen molar-refractivity contribution in [3.63, 3.8) is 0 Å². The van der Waals surface area contributed by atoms with Crippen LogP contribution in [-0.4, -0.2) is 31.5 Å². The number of aryl methyl sites for hydroxylation is 1. The first-order chi connectivity index (χ1) is 8.77. The Balaban J connectivity index is 1.85.